The Morgan fingerprint density at radius 1 is 1.29 bits per heavy atom. The SMILES string of the molecule is CC(NC(=O)C1CCCC(C(=O)O)C1)(C(N)=O)c1cccc(Cl)c1. The minimum Gasteiger partial charge on any atom is -0.481 e. The predicted octanol–water partition coefficient (Wildman–Crippen LogP) is 2.05. The summed E-state index contributed by atoms with van der Waals surface area (Å²) in [6, 6.07) is 6.57. The first-order chi connectivity index (χ1) is 11.2. The first-order valence-electron chi connectivity index (χ1n) is 7.85. The summed E-state index contributed by atoms with van der Waals surface area (Å²) in [5.74, 6) is -2.93. The number of rotatable bonds is 5. The van der Waals surface area contributed by atoms with Crippen LogP contribution in [0.15, 0.2) is 24.3 Å². The standard InChI is InChI=1S/C17H21ClN2O4/c1-17(16(19)24,12-6-3-7-13(18)9-12)20-14(21)10-4-2-5-11(8-10)15(22)23/h3,6-7,9-11H,2,4-5,8H2,1H3,(H2,19,24)(H,20,21)(H,22,23). The number of carbonyl (C=O) groups excluding carboxylic acids is 2. The van der Waals surface area contributed by atoms with Gasteiger partial charge in [-0.1, -0.05) is 30.2 Å². The van der Waals surface area contributed by atoms with Crippen LogP contribution in [0.4, 0.5) is 0 Å². The number of hydrogen-bond donors (Lipinski definition) is 3. The van der Waals surface area contributed by atoms with E-state index in [4.69, 9.17) is 22.4 Å². The van der Waals surface area contributed by atoms with Crippen LogP contribution in [-0.4, -0.2) is 22.9 Å². The van der Waals surface area contributed by atoms with E-state index in [1.54, 1.807) is 24.3 Å². The predicted molar refractivity (Wildman–Crippen MR) is 89.2 cm³/mol. The highest BCUT2D eigenvalue weighted by Gasteiger charge is 2.39. The number of carbonyl (C=O) groups is 3. The van der Waals surface area contributed by atoms with E-state index in [0.717, 1.165) is 0 Å². The molecule has 1 aromatic rings. The molecule has 6 nitrogen and oxygen atoms in total. The van der Waals surface area contributed by atoms with Crippen molar-refractivity contribution in [3.8, 4) is 0 Å². The van der Waals surface area contributed by atoms with Gasteiger partial charge in [0.15, 0.2) is 0 Å². The van der Waals surface area contributed by atoms with Crippen molar-refractivity contribution in [3.63, 3.8) is 0 Å². The summed E-state index contributed by atoms with van der Waals surface area (Å²) in [6.07, 6.45) is 2.10. The van der Waals surface area contributed by atoms with Crippen molar-refractivity contribution in [2.24, 2.45) is 17.6 Å². The van der Waals surface area contributed by atoms with E-state index in [1.807, 2.05) is 0 Å². The molecule has 0 heterocycles. The summed E-state index contributed by atoms with van der Waals surface area (Å²) in [5, 5.41) is 12.3. The van der Waals surface area contributed by atoms with Gasteiger partial charge in [-0.3, -0.25) is 14.4 Å². The fourth-order valence-corrected chi connectivity index (χ4v) is 3.27. The van der Waals surface area contributed by atoms with E-state index in [-0.39, 0.29) is 12.3 Å². The maximum atomic E-state index is 12.6. The molecule has 1 saturated carbocycles. The number of carboxylic acids is 1. The van der Waals surface area contributed by atoms with Gasteiger partial charge >= 0.3 is 5.97 Å². The second-order valence-corrected chi connectivity index (χ2v) is 6.82. The van der Waals surface area contributed by atoms with Crippen molar-refractivity contribution in [1.29, 1.82) is 0 Å². The molecule has 0 spiro atoms. The molecule has 0 aliphatic heterocycles. The van der Waals surface area contributed by atoms with Gasteiger partial charge in [-0.15, -0.1) is 0 Å². The zero-order chi connectivity index (χ0) is 17.9. The van der Waals surface area contributed by atoms with Crippen LogP contribution in [0.25, 0.3) is 0 Å². The lowest BCUT2D eigenvalue weighted by Gasteiger charge is -2.32. The van der Waals surface area contributed by atoms with Crippen LogP contribution in [0, 0.1) is 11.8 Å². The molecule has 130 valence electrons. The number of carboxylic acid groups (broad SMARTS) is 1. The molecule has 1 fully saturated rings. The molecule has 2 amide bonds. The number of nitrogens with one attached hydrogen (secondary N) is 1. The quantitative estimate of drug-likeness (QED) is 0.753. The van der Waals surface area contributed by atoms with Gasteiger partial charge in [-0.05, 0) is 43.9 Å². The maximum absolute atomic E-state index is 12.6. The minimum atomic E-state index is -1.40. The molecule has 3 atom stereocenters. The zero-order valence-corrected chi connectivity index (χ0v) is 14.2. The monoisotopic (exact) mass is 352 g/mol. The Morgan fingerprint density at radius 3 is 2.54 bits per heavy atom. The third kappa shape index (κ3) is 3.87. The average Bonchev–Trinajstić information content (AvgIpc) is 2.54. The van der Waals surface area contributed by atoms with Gasteiger partial charge in [0.05, 0.1) is 5.92 Å². The zero-order valence-electron chi connectivity index (χ0n) is 13.4. The molecule has 0 aromatic heterocycles. The Labute approximate surface area is 145 Å². The lowest BCUT2D eigenvalue weighted by Crippen LogP contribution is -2.54. The molecule has 4 N–H and O–H groups in total. The Hall–Kier alpha value is -2.08. The number of halogens is 1. The van der Waals surface area contributed by atoms with E-state index >= 15 is 0 Å². The Balaban J connectivity index is 2.20. The molecule has 1 aliphatic rings. The van der Waals surface area contributed by atoms with Crippen LogP contribution in [0.3, 0.4) is 0 Å². The highest BCUT2D eigenvalue weighted by Crippen LogP contribution is 2.31. The number of benzene rings is 1. The highest BCUT2D eigenvalue weighted by molar-refractivity contribution is 6.30. The molecule has 0 bridgehead atoms. The topological polar surface area (TPSA) is 109 Å². The summed E-state index contributed by atoms with van der Waals surface area (Å²) in [7, 11) is 0. The normalized spacial score (nSPS) is 23.1. The van der Waals surface area contributed by atoms with Gasteiger partial charge in [0, 0.05) is 10.9 Å². The summed E-state index contributed by atoms with van der Waals surface area (Å²) in [6.45, 7) is 1.52. The van der Waals surface area contributed by atoms with Crippen molar-refractivity contribution < 1.29 is 19.5 Å². The second kappa shape index (κ2) is 7.21. The lowest BCUT2D eigenvalue weighted by molar-refractivity contribution is -0.144. The molecule has 0 radical (unpaired) electrons. The Morgan fingerprint density at radius 2 is 1.96 bits per heavy atom. The molecule has 2 rings (SSSR count). The fraction of sp³-hybridized carbons (Fsp3) is 0.471. The van der Waals surface area contributed by atoms with Crippen molar-refractivity contribution >= 4 is 29.4 Å². The fourth-order valence-electron chi connectivity index (χ4n) is 3.08. The Bertz CT molecular complexity index is 664. The van der Waals surface area contributed by atoms with Crippen LogP contribution in [-0.2, 0) is 19.9 Å². The Kier molecular flexibility index (Phi) is 5.49. The third-order valence-corrected chi connectivity index (χ3v) is 4.90. The van der Waals surface area contributed by atoms with Crippen LogP contribution in [0.2, 0.25) is 5.02 Å². The number of primary amides is 1. The third-order valence-electron chi connectivity index (χ3n) is 4.66. The average molecular weight is 353 g/mol. The summed E-state index contributed by atoms with van der Waals surface area (Å²) >= 11 is 5.96. The van der Waals surface area contributed by atoms with Gasteiger partial charge in [-0.2, -0.15) is 0 Å². The minimum absolute atomic E-state index is 0.269. The van der Waals surface area contributed by atoms with Gasteiger partial charge in [0.25, 0.3) is 0 Å². The maximum Gasteiger partial charge on any atom is 0.306 e. The number of hydrogen-bond acceptors (Lipinski definition) is 3. The van der Waals surface area contributed by atoms with Crippen molar-refractivity contribution in [3.05, 3.63) is 34.9 Å². The molecule has 7 heteroatoms. The van der Waals surface area contributed by atoms with Gasteiger partial charge in [0.1, 0.15) is 5.54 Å². The van der Waals surface area contributed by atoms with Crippen LogP contribution in [0.5, 0.6) is 0 Å². The number of aliphatic carboxylic acids is 1. The van der Waals surface area contributed by atoms with Gasteiger partial charge in [0.2, 0.25) is 11.8 Å². The largest absolute Gasteiger partial charge is 0.481 e. The van der Waals surface area contributed by atoms with E-state index < -0.39 is 29.3 Å². The van der Waals surface area contributed by atoms with Crippen LogP contribution >= 0.6 is 11.6 Å². The second-order valence-electron chi connectivity index (χ2n) is 6.39. The van der Waals surface area contributed by atoms with Crippen LogP contribution in [0.1, 0.15) is 38.2 Å². The smallest absolute Gasteiger partial charge is 0.306 e. The number of amides is 2. The molecule has 1 aliphatic carbocycles. The van der Waals surface area contributed by atoms with E-state index in [2.05, 4.69) is 5.32 Å². The molecule has 0 saturated heterocycles. The molecular formula is C17H21ClN2O4. The van der Waals surface area contributed by atoms with E-state index in [1.165, 1.54) is 6.92 Å². The first kappa shape index (κ1) is 18.3. The van der Waals surface area contributed by atoms with Crippen molar-refractivity contribution in [2.75, 3.05) is 0 Å². The van der Waals surface area contributed by atoms with Crippen LogP contribution < -0.4 is 11.1 Å². The van der Waals surface area contributed by atoms with E-state index in [0.29, 0.717) is 29.8 Å². The first-order valence-corrected chi connectivity index (χ1v) is 8.22. The summed E-state index contributed by atoms with van der Waals surface area (Å²) < 4.78 is 0. The highest BCUT2D eigenvalue weighted by atomic mass is 35.5. The lowest BCUT2D eigenvalue weighted by atomic mass is 9.80. The van der Waals surface area contributed by atoms with Gasteiger partial charge < -0.3 is 16.2 Å². The molecule has 1 aromatic carbocycles. The van der Waals surface area contributed by atoms with E-state index in [9.17, 15) is 14.4 Å². The molecular weight excluding hydrogens is 332 g/mol. The van der Waals surface area contributed by atoms with Crippen molar-refractivity contribution in [2.45, 2.75) is 38.1 Å². The number of nitrogens with two attached hydrogens (primary N) is 1. The van der Waals surface area contributed by atoms with Crippen molar-refractivity contribution in [1.82, 2.24) is 5.32 Å². The molecule has 24 heavy (non-hydrogen) atoms. The van der Waals surface area contributed by atoms with Gasteiger partial charge in [-0.25, -0.2) is 0 Å². The molecule has 3 unspecified atom stereocenters. The summed E-state index contributed by atoms with van der Waals surface area (Å²) in [5.41, 5.74) is 4.60. The summed E-state index contributed by atoms with van der Waals surface area (Å²) in [4.78, 5) is 35.7.